The van der Waals surface area contributed by atoms with Gasteiger partial charge in [-0.25, -0.2) is 51.8 Å². The van der Waals surface area contributed by atoms with E-state index < -0.39 is 42.6 Å². The second-order valence-electron chi connectivity index (χ2n) is 11.6. The van der Waals surface area contributed by atoms with Gasteiger partial charge in [-0.3, -0.25) is 24.2 Å². The third-order valence-electron chi connectivity index (χ3n) is 7.82. The number of thioether (sulfide) groups is 2. The maximum Gasteiger partial charge on any atom is 0.263 e. The first-order chi connectivity index (χ1) is 27.6. The molecule has 3 N–H and O–H groups in total. The van der Waals surface area contributed by atoms with Gasteiger partial charge in [0.25, 0.3) is 20.0 Å². The molecule has 19 nitrogen and oxygen atoms in total. The number of hydrogen-bond donors (Lipinski definition) is 3. The van der Waals surface area contributed by atoms with Crippen LogP contribution in [0.4, 0.5) is 27.9 Å². The molecule has 0 fully saturated rings. The highest BCUT2D eigenvalue weighted by atomic mass is 32.2. The Morgan fingerprint density at radius 3 is 1.70 bits per heavy atom. The lowest BCUT2D eigenvalue weighted by Crippen LogP contribution is -2.33. The Bertz CT molecular complexity index is 2650. The molecule has 1 amide bonds. The highest BCUT2D eigenvalue weighted by Gasteiger charge is 2.36. The number of fused-ring (bicyclic) bond motifs is 2. The molecule has 57 heavy (non-hydrogen) atoms. The molecule has 2 unspecified atom stereocenters. The summed E-state index contributed by atoms with van der Waals surface area (Å²) in [7, 11) is -7.83. The zero-order valence-corrected chi connectivity index (χ0v) is 32.7. The summed E-state index contributed by atoms with van der Waals surface area (Å²) >= 11 is 3.50. The van der Waals surface area contributed by atoms with Crippen LogP contribution >= 0.6 is 34.9 Å². The van der Waals surface area contributed by atoms with Crippen molar-refractivity contribution < 1.29 is 21.6 Å². The SMILES string of the molecule is O=C(Nc1ccc(S(=O)(=O)Nc2ccc(N=Nc3ccc(S(=O)(=O)Nc4nccs4)cc3)cc2)cc1)C(SC1=NC=NC2=NC=NC21)SC1=NC=NC2=NC=NC21. The van der Waals surface area contributed by atoms with Crippen molar-refractivity contribution in [1.29, 1.82) is 0 Å². The molecule has 3 aromatic carbocycles. The minimum atomic E-state index is -4.02. The Balaban J connectivity index is 0.894. The lowest BCUT2D eigenvalue weighted by atomic mass is 10.3. The van der Waals surface area contributed by atoms with Crippen molar-refractivity contribution in [3.8, 4) is 0 Å². The number of nitrogens with one attached hydrogen (secondary N) is 3. The average molecular weight is 857 g/mol. The van der Waals surface area contributed by atoms with Crippen molar-refractivity contribution in [2.75, 3.05) is 14.8 Å². The van der Waals surface area contributed by atoms with Crippen molar-refractivity contribution in [2.45, 2.75) is 26.5 Å². The highest BCUT2D eigenvalue weighted by Crippen LogP contribution is 2.34. The predicted octanol–water partition coefficient (Wildman–Crippen LogP) is 5.39. The topological polar surface area (TPSA) is 258 Å². The summed E-state index contributed by atoms with van der Waals surface area (Å²) in [4.78, 5) is 51.7. The fourth-order valence-corrected chi connectivity index (χ4v) is 10.3. The van der Waals surface area contributed by atoms with Gasteiger partial charge >= 0.3 is 0 Å². The predicted molar refractivity (Wildman–Crippen MR) is 226 cm³/mol. The summed E-state index contributed by atoms with van der Waals surface area (Å²) in [6.45, 7) is 0. The molecule has 0 saturated carbocycles. The Kier molecular flexibility index (Phi) is 10.7. The number of thiazole rings is 1. The lowest BCUT2D eigenvalue weighted by Gasteiger charge is -2.22. The standard InChI is InChI=1S/C33H24N14O5S5/c48-29(32(54-30-25-27(37-15-35-25)39-17-41-30)55-31-26-28(38-16-36-26)40-18-42-31)43-19-5-9-23(10-6-19)56(49,50)46-22-3-1-20(2-4-22)44-45-21-7-11-24(12-8-21)57(51,52)47-33-34-13-14-53-33/h1-18,25-26,32,46H,(H,34,47)(H,43,48). The Labute approximate surface area is 336 Å². The summed E-state index contributed by atoms with van der Waals surface area (Å²) < 4.78 is 55.8. The first-order valence-corrected chi connectivity index (χ1v) is 21.9. The van der Waals surface area contributed by atoms with E-state index in [0.717, 1.165) is 11.3 Å². The molecule has 286 valence electrons. The number of anilines is 3. The zero-order valence-electron chi connectivity index (χ0n) is 28.6. The van der Waals surface area contributed by atoms with Gasteiger partial charge in [-0.05, 0) is 72.8 Å². The fraction of sp³-hybridized carbons (Fsp3) is 0.0909. The van der Waals surface area contributed by atoms with Crippen molar-refractivity contribution in [3.05, 3.63) is 84.4 Å². The number of nitrogens with zero attached hydrogens (tertiary/aromatic N) is 11. The minimum Gasteiger partial charge on any atom is -0.324 e. The maximum atomic E-state index is 13.8. The third kappa shape index (κ3) is 8.83. The Hall–Kier alpha value is -6.08. The number of aliphatic imine (C=N–C) groups is 8. The number of carbonyl (C=O) groups excluding carboxylic acids is 1. The maximum absolute atomic E-state index is 13.8. The first-order valence-electron chi connectivity index (χ1n) is 16.3. The number of rotatable bonds is 12. The van der Waals surface area contributed by atoms with Gasteiger partial charge < -0.3 is 5.32 Å². The Morgan fingerprint density at radius 1 is 0.649 bits per heavy atom. The van der Waals surface area contributed by atoms with E-state index in [1.807, 2.05) is 0 Å². The Morgan fingerprint density at radius 2 is 1.16 bits per heavy atom. The number of amidine groups is 2. The lowest BCUT2D eigenvalue weighted by molar-refractivity contribution is -0.114. The summed E-state index contributed by atoms with van der Waals surface area (Å²) in [5.74, 6) is 0.521. The molecule has 4 aliphatic heterocycles. The van der Waals surface area contributed by atoms with E-state index in [1.165, 1.54) is 116 Å². The molecule has 8 rings (SSSR count). The van der Waals surface area contributed by atoms with E-state index in [-0.39, 0.29) is 20.6 Å². The summed E-state index contributed by atoms with van der Waals surface area (Å²) in [6.07, 6.45) is 7.02. The monoisotopic (exact) mass is 856 g/mol. The smallest absolute Gasteiger partial charge is 0.263 e. The van der Waals surface area contributed by atoms with Crippen LogP contribution in [0.1, 0.15) is 0 Å². The average Bonchev–Trinajstić information content (AvgIpc) is 4.01. The quantitative estimate of drug-likeness (QED) is 0.123. The van der Waals surface area contributed by atoms with Gasteiger partial charge in [-0.1, -0.05) is 23.5 Å². The minimum absolute atomic E-state index is 0.0385. The molecule has 1 aromatic heterocycles. The summed E-state index contributed by atoms with van der Waals surface area (Å²) in [5.41, 5.74) is 1.46. The van der Waals surface area contributed by atoms with Gasteiger partial charge in [0.15, 0.2) is 28.9 Å². The molecule has 0 saturated heterocycles. The van der Waals surface area contributed by atoms with Gasteiger partial charge in [-0.2, -0.15) is 10.2 Å². The number of hydrogen-bond acceptors (Lipinski definition) is 19. The van der Waals surface area contributed by atoms with Crippen molar-refractivity contribution >= 4 is 136 Å². The molecule has 0 aliphatic carbocycles. The van der Waals surface area contributed by atoms with Crippen molar-refractivity contribution in [2.24, 2.45) is 50.2 Å². The molecule has 5 heterocycles. The molecule has 24 heteroatoms. The first kappa shape index (κ1) is 37.8. The molecule has 4 aliphatic rings. The van der Waals surface area contributed by atoms with E-state index in [4.69, 9.17) is 0 Å². The van der Waals surface area contributed by atoms with E-state index in [9.17, 15) is 21.6 Å². The van der Waals surface area contributed by atoms with Gasteiger partial charge in [-0.15, -0.1) is 11.3 Å². The van der Waals surface area contributed by atoms with Crippen LogP contribution in [-0.2, 0) is 24.8 Å². The largest absolute Gasteiger partial charge is 0.324 e. The van der Waals surface area contributed by atoms with Crippen molar-refractivity contribution in [1.82, 2.24) is 4.98 Å². The van der Waals surface area contributed by atoms with Crippen LogP contribution in [-0.4, -0.2) is 91.5 Å². The van der Waals surface area contributed by atoms with Crippen LogP contribution < -0.4 is 14.8 Å². The summed E-state index contributed by atoms with van der Waals surface area (Å²) in [5, 5.41) is 14.1. The number of amides is 1. The van der Waals surface area contributed by atoms with Crippen LogP contribution in [0.15, 0.2) is 144 Å². The van der Waals surface area contributed by atoms with E-state index in [0.29, 0.717) is 38.8 Å². The number of sulfonamides is 2. The molecule has 0 bridgehead atoms. The normalized spacial score (nSPS) is 18.7. The highest BCUT2D eigenvalue weighted by molar-refractivity contribution is 8.31. The molecule has 4 aromatic rings. The third-order valence-corrected chi connectivity index (χ3v) is 14.0. The van der Waals surface area contributed by atoms with E-state index >= 15 is 0 Å². The van der Waals surface area contributed by atoms with Crippen LogP contribution in [0.2, 0.25) is 0 Å². The molecular formula is C33H24N14O5S5. The second-order valence-corrected chi connectivity index (χ2v) is 18.4. The summed E-state index contributed by atoms with van der Waals surface area (Å²) in [6, 6.07) is 16.7. The fourth-order valence-electron chi connectivity index (χ4n) is 5.10. The van der Waals surface area contributed by atoms with Crippen LogP contribution in [0, 0.1) is 0 Å². The second kappa shape index (κ2) is 16.2. The number of aromatic nitrogens is 1. The van der Waals surface area contributed by atoms with Gasteiger partial charge in [0, 0.05) is 23.0 Å². The van der Waals surface area contributed by atoms with Crippen LogP contribution in [0.25, 0.3) is 0 Å². The van der Waals surface area contributed by atoms with E-state index in [2.05, 4.69) is 69.9 Å². The molecule has 0 spiro atoms. The van der Waals surface area contributed by atoms with E-state index in [1.54, 1.807) is 17.5 Å². The number of carbonyl (C=O) groups is 1. The van der Waals surface area contributed by atoms with Crippen LogP contribution in [0.5, 0.6) is 0 Å². The van der Waals surface area contributed by atoms with Crippen molar-refractivity contribution in [3.63, 3.8) is 0 Å². The molecule has 0 radical (unpaired) electrons. The zero-order chi connectivity index (χ0) is 39.4. The number of benzene rings is 3. The molecular weight excluding hydrogens is 833 g/mol. The molecule has 2 atom stereocenters. The van der Waals surface area contributed by atoms with Gasteiger partial charge in [0.2, 0.25) is 5.91 Å². The van der Waals surface area contributed by atoms with Gasteiger partial charge in [0.1, 0.15) is 40.0 Å². The number of azo groups is 1. The van der Waals surface area contributed by atoms with Gasteiger partial charge in [0.05, 0.1) is 21.2 Å². The van der Waals surface area contributed by atoms with Crippen LogP contribution in [0.3, 0.4) is 0 Å².